The molecule has 0 atom stereocenters. The monoisotopic (exact) mass is 358 g/mol. The molecule has 0 radical (unpaired) electrons. The first-order valence-corrected chi connectivity index (χ1v) is 9.12. The van der Waals surface area contributed by atoms with E-state index in [0.717, 1.165) is 27.6 Å². The molecule has 2 aromatic heterocycles. The SMILES string of the molecule is Cc1csc(NC(=O)c2ccc(-c3ccc4c(c3)OCCO4)s2)n1. The number of amides is 1. The van der Waals surface area contributed by atoms with Gasteiger partial charge in [0.1, 0.15) is 13.2 Å². The predicted molar refractivity (Wildman–Crippen MR) is 95.5 cm³/mol. The number of nitrogens with one attached hydrogen (secondary N) is 1. The molecule has 3 aromatic rings. The molecule has 1 N–H and O–H groups in total. The van der Waals surface area contributed by atoms with Gasteiger partial charge in [0, 0.05) is 10.3 Å². The summed E-state index contributed by atoms with van der Waals surface area (Å²) in [5.41, 5.74) is 1.91. The Balaban J connectivity index is 1.55. The van der Waals surface area contributed by atoms with E-state index < -0.39 is 0 Å². The Bertz CT molecular complexity index is 901. The maximum Gasteiger partial charge on any atom is 0.267 e. The molecule has 1 aromatic carbocycles. The van der Waals surface area contributed by atoms with E-state index in [0.29, 0.717) is 23.2 Å². The smallest absolute Gasteiger partial charge is 0.267 e. The van der Waals surface area contributed by atoms with Crippen molar-refractivity contribution in [2.24, 2.45) is 0 Å². The van der Waals surface area contributed by atoms with Gasteiger partial charge in [-0.3, -0.25) is 10.1 Å². The van der Waals surface area contributed by atoms with Crippen molar-refractivity contribution >= 4 is 33.7 Å². The Morgan fingerprint density at radius 2 is 2.00 bits per heavy atom. The fraction of sp³-hybridized carbons (Fsp3) is 0.176. The second kappa shape index (κ2) is 6.26. The lowest BCUT2D eigenvalue weighted by Gasteiger charge is -2.18. The largest absolute Gasteiger partial charge is 0.486 e. The summed E-state index contributed by atoms with van der Waals surface area (Å²) < 4.78 is 11.1. The molecule has 122 valence electrons. The van der Waals surface area contributed by atoms with Gasteiger partial charge in [-0.25, -0.2) is 4.98 Å². The summed E-state index contributed by atoms with van der Waals surface area (Å²) in [5, 5.41) is 5.35. The number of thiazole rings is 1. The minimum absolute atomic E-state index is 0.141. The highest BCUT2D eigenvalue weighted by Gasteiger charge is 2.15. The topological polar surface area (TPSA) is 60.5 Å². The van der Waals surface area contributed by atoms with Crippen molar-refractivity contribution in [1.82, 2.24) is 4.98 Å². The van der Waals surface area contributed by atoms with Crippen LogP contribution in [0.2, 0.25) is 0 Å². The van der Waals surface area contributed by atoms with Crippen molar-refractivity contribution in [1.29, 1.82) is 0 Å². The highest BCUT2D eigenvalue weighted by Crippen LogP contribution is 2.37. The third-order valence-electron chi connectivity index (χ3n) is 3.50. The number of aryl methyl sites for hydroxylation is 1. The maximum atomic E-state index is 12.3. The average molecular weight is 358 g/mol. The van der Waals surface area contributed by atoms with E-state index in [2.05, 4.69) is 10.3 Å². The third-order valence-corrected chi connectivity index (χ3v) is 5.50. The first-order chi connectivity index (χ1) is 11.7. The summed E-state index contributed by atoms with van der Waals surface area (Å²) in [4.78, 5) is 18.2. The standard InChI is InChI=1S/C17H14N2O3S2/c1-10-9-23-17(18-10)19-16(20)15-5-4-14(24-15)11-2-3-12-13(8-11)22-7-6-21-12/h2-5,8-9H,6-7H2,1H3,(H,18,19,20). The van der Waals surface area contributed by atoms with Crippen molar-refractivity contribution < 1.29 is 14.3 Å². The normalized spacial score (nSPS) is 12.9. The van der Waals surface area contributed by atoms with Gasteiger partial charge in [-0.05, 0) is 42.8 Å². The molecule has 4 rings (SSSR count). The van der Waals surface area contributed by atoms with Crippen molar-refractivity contribution in [2.45, 2.75) is 6.92 Å². The van der Waals surface area contributed by atoms with E-state index >= 15 is 0 Å². The van der Waals surface area contributed by atoms with E-state index in [1.807, 2.05) is 42.6 Å². The second-order valence-corrected chi connectivity index (χ2v) is 7.21. The molecular formula is C17H14N2O3S2. The van der Waals surface area contributed by atoms with Crippen LogP contribution in [0.15, 0.2) is 35.7 Å². The van der Waals surface area contributed by atoms with Gasteiger partial charge in [0.05, 0.1) is 10.6 Å². The van der Waals surface area contributed by atoms with Crippen LogP contribution in [0.5, 0.6) is 11.5 Å². The molecule has 0 bridgehead atoms. The Morgan fingerprint density at radius 3 is 2.79 bits per heavy atom. The van der Waals surface area contributed by atoms with Gasteiger partial charge in [-0.1, -0.05) is 0 Å². The fourth-order valence-electron chi connectivity index (χ4n) is 2.38. The molecule has 0 saturated heterocycles. The van der Waals surface area contributed by atoms with E-state index in [4.69, 9.17) is 9.47 Å². The van der Waals surface area contributed by atoms with Gasteiger partial charge in [-0.15, -0.1) is 22.7 Å². The molecule has 0 fully saturated rings. The minimum Gasteiger partial charge on any atom is -0.486 e. The first-order valence-electron chi connectivity index (χ1n) is 7.42. The summed E-state index contributed by atoms with van der Waals surface area (Å²) in [7, 11) is 0. The van der Waals surface area contributed by atoms with Crippen molar-refractivity contribution in [2.75, 3.05) is 18.5 Å². The second-order valence-electron chi connectivity index (χ2n) is 5.27. The van der Waals surface area contributed by atoms with E-state index in [1.54, 1.807) is 0 Å². The fourth-order valence-corrected chi connectivity index (χ4v) is 3.96. The molecule has 0 saturated carbocycles. The van der Waals surface area contributed by atoms with E-state index in [-0.39, 0.29) is 5.91 Å². The predicted octanol–water partition coefficient (Wildman–Crippen LogP) is 4.20. The molecule has 0 unspecified atom stereocenters. The van der Waals surface area contributed by atoms with Gasteiger partial charge in [0.25, 0.3) is 5.91 Å². The lowest BCUT2D eigenvalue weighted by atomic mass is 10.1. The van der Waals surface area contributed by atoms with Crippen LogP contribution >= 0.6 is 22.7 Å². The zero-order valence-electron chi connectivity index (χ0n) is 12.9. The summed E-state index contributed by atoms with van der Waals surface area (Å²) in [5.74, 6) is 1.37. The van der Waals surface area contributed by atoms with Crippen LogP contribution in [-0.2, 0) is 0 Å². The summed E-state index contributed by atoms with van der Waals surface area (Å²) in [6.45, 7) is 3.03. The summed E-state index contributed by atoms with van der Waals surface area (Å²) >= 11 is 2.86. The molecule has 3 heterocycles. The highest BCUT2D eigenvalue weighted by molar-refractivity contribution is 7.17. The molecular weight excluding hydrogens is 344 g/mol. The third kappa shape index (κ3) is 3.00. The lowest BCUT2D eigenvalue weighted by Crippen LogP contribution is -2.15. The van der Waals surface area contributed by atoms with E-state index in [1.165, 1.54) is 22.7 Å². The van der Waals surface area contributed by atoms with Crippen LogP contribution < -0.4 is 14.8 Å². The lowest BCUT2D eigenvalue weighted by molar-refractivity contribution is 0.103. The molecule has 7 heteroatoms. The molecule has 24 heavy (non-hydrogen) atoms. The number of carbonyl (C=O) groups is 1. The Kier molecular flexibility index (Phi) is 3.95. The summed E-state index contributed by atoms with van der Waals surface area (Å²) in [6, 6.07) is 9.60. The van der Waals surface area contributed by atoms with Crippen LogP contribution in [0, 0.1) is 6.92 Å². The Hall–Kier alpha value is -2.38. The van der Waals surface area contributed by atoms with Gasteiger partial charge < -0.3 is 9.47 Å². The first kappa shape index (κ1) is 15.2. The number of thiophene rings is 1. The van der Waals surface area contributed by atoms with Crippen molar-refractivity contribution in [3.05, 3.63) is 46.3 Å². The van der Waals surface area contributed by atoms with Crippen LogP contribution in [0.25, 0.3) is 10.4 Å². The minimum atomic E-state index is -0.141. The Morgan fingerprint density at radius 1 is 1.17 bits per heavy atom. The van der Waals surface area contributed by atoms with Crippen LogP contribution in [0.1, 0.15) is 15.4 Å². The van der Waals surface area contributed by atoms with Crippen LogP contribution in [-0.4, -0.2) is 24.1 Å². The number of aromatic nitrogens is 1. The molecule has 0 aliphatic carbocycles. The van der Waals surface area contributed by atoms with Gasteiger partial charge >= 0.3 is 0 Å². The number of rotatable bonds is 3. The van der Waals surface area contributed by atoms with Crippen LogP contribution in [0.4, 0.5) is 5.13 Å². The van der Waals surface area contributed by atoms with E-state index in [9.17, 15) is 4.79 Å². The average Bonchev–Trinajstić information content (AvgIpc) is 3.24. The molecule has 1 aliphatic heterocycles. The van der Waals surface area contributed by atoms with Crippen molar-refractivity contribution in [3.63, 3.8) is 0 Å². The molecule has 5 nitrogen and oxygen atoms in total. The number of benzene rings is 1. The zero-order valence-corrected chi connectivity index (χ0v) is 14.5. The highest BCUT2D eigenvalue weighted by atomic mass is 32.1. The number of nitrogens with zero attached hydrogens (tertiary/aromatic N) is 1. The number of ether oxygens (including phenoxy) is 2. The number of hydrogen-bond donors (Lipinski definition) is 1. The maximum absolute atomic E-state index is 12.3. The van der Waals surface area contributed by atoms with Crippen LogP contribution in [0.3, 0.4) is 0 Å². The quantitative estimate of drug-likeness (QED) is 0.762. The molecule has 1 amide bonds. The Labute approximate surface area is 146 Å². The number of carbonyl (C=O) groups excluding carboxylic acids is 1. The number of hydrogen-bond acceptors (Lipinski definition) is 6. The van der Waals surface area contributed by atoms with Gasteiger partial charge in [0.2, 0.25) is 0 Å². The van der Waals surface area contributed by atoms with Gasteiger partial charge in [-0.2, -0.15) is 0 Å². The molecule has 1 aliphatic rings. The summed E-state index contributed by atoms with van der Waals surface area (Å²) in [6.07, 6.45) is 0. The number of fused-ring (bicyclic) bond motifs is 1. The zero-order chi connectivity index (χ0) is 16.5. The van der Waals surface area contributed by atoms with Gasteiger partial charge in [0.15, 0.2) is 16.6 Å². The molecule has 0 spiro atoms. The number of anilines is 1. The van der Waals surface area contributed by atoms with Crippen molar-refractivity contribution in [3.8, 4) is 21.9 Å².